The number of amides is 1. The third-order valence-corrected chi connectivity index (χ3v) is 5.18. The zero-order valence-corrected chi connectivity index (χ0v) is 15.6. The normalized spacial score (nSPS) is 18.8. The number of fused-ring (bicyclic) bond motifs is 1. The summed E-state index contributed by atoms with van der Waals surface area (Å²) in [6.07, 6.45) is 3.68. The second kappa shape index (κ2) is 7.93. The van der Waals surface area contributed by atoms with Crippen molar-refractivity contribution >= 4 is 21.8 Å². The van der Waals surface area contributed by atoms with Gasteiger partial charge in [-0.1, -0.05) is 12.1 Å². The minimum absolute atomic E-state index is 0.0329. The highest BCUT2D eigenvalue weighted by Crippen LogP contribution is 2.16. The van der Waals surface area contributed by atoms with E-state index in [0.717, 1.165) is 5.56 Å². The van der Waals surface area contributed by atoms with Crippen LogP contribution in [0.5, 0.6) is 5.75 Å². The number of aliphatic hydroxyl groups excluding tert-OH is 1. The van der Waals surface area contributed by atoms with Gasteiger partial charge in [0.25, 0.3) is 15.9 Å². The Balaban J connectivity index is 1.49. The molecule has 2 heterocycles. The molecule has 8 nitrogen and oxygen atoms in total. The monoisotopic (exact) mass is 391 g/mol. The lowest BCUT2D eigenvalue weighted by atomic mass is 10.1. The molecule has 144 valence electrons. The van der Waals surface area contributed by atoms with Crippen LogP contribution in [0.15, 0.2) is 52.6 Å². The van der Waals surface area contributed by atoms with Gasteiger partial charge in [0.2, 0.25) is 0 Å². The van der Waals surface area contributed by atoms with E-state index in [4.69, 9.17) is 4.74 Å². The standard InChI is InChI=1S/C18H21N3O5S/c1-13-3-2-4-16(9-13)26-12-15(22)10-19-18(23)14-5-6-17-20-27(24,25)8-7-21(17)11-14/h2-6,9,11,15,22H,7-8,10,12H2,1H3,(H,19,23). The Morgan fingerprint density at radius 1 is 1.41 bits per heavy atom. The van der Waals surface area contributed by atoms with Crippen molar-refractivity contribution in [1.82, 2.24) is 10.2 Å². The zero-order chi connectivity index (χ0) is 19.4. The molecule has 0 bridgehead atoms. The van der Waals surface area contributed by atoms with Gasteiger partial charge in [0, 0.05) is 19.3 Å². The van der Waals surface area contributed by atoms with Gasteiger partial charge in [-0.15, -0.1) is 4.40 Å². The molecule has 27 heavy (non-hydrogen) atoms. The molecule has 0 fully saturated rings. The minimum Gasteiger partial charge on any atom is -0.491 e. The van der Waals surface area contributed by atoms with Crippen LogP contribution in [0.4, 0.5) is 0 Å². The number of hydrogen-bond donors (Lipinski definition) is 2. The fourth-order valence-electron chi connectivity index (χ4n) is 2.60. The molecule has 0 radical (unpaired) electrons. The van der Waals surface area contributed by atoms with Crippen molar-refractivity contribution in [3.8, 4) is 5.75 Å². The van der Waals surface area contributed by atoms with E-state index >= 15 is 0 Å². The predicted molar refractivity (Wildman–Crippen MR) is 101 cm³/mol. The first kappa shape index (κ1) is 19.1. The summed E-state index contributed by atoms with van der Waals surface area (Å²) in [7, 11) is -3.43. The van der Waals surface area contributed by atoms with Crippen LogP contribution in [0.3, 0.4) is 0 Å². The highest BCUT2D eigenvalue weighted by Gasteiger charge is 2.25. The van der Waals surface area contributed by atoms with Crippen molar-refractivity contribution in [1.29, 1.82) is 0 Å². The summed E-state index contributed by atoms with van der Waals surface area (Å²) in [5.74, 6) is 0.494. The van der Waals surface area contributed by atoms with Gasteiger partial charge in [-0.25, -0.2) is 8.42 Å². The lowest BCUT2D eigenvalue weighted by Crippen LogP contribution is -2.39. The Kier molecular flexibility index (Phi) is 5.62. The molecule has 2 aliphatic heterocycles. The maximum absolute atomic E-state index is 12.3. The Labute approximate surface area is 157 Å². The first-order valence-electron chi connectivity index (χ1n) is 8.47. The number of carbonyl (C=O) groups excluding carboxylic acids is 1. The van der Waals surface area contributed by atoms with Gasteiger partial charge in [0.1, 0.15) is 24.3 Å². The van der Waals surface area contributed by atoms with E-state index < -0.39 is 16.1 Å². The van der Waals surface area contributed by atoms with Crippen LogP contribution in [-0.2, 0) is 14.8 Å². The first-order chi connectivity index (χ1) is 12.8. The lowest BCUT2D eigenvalue weighted by molar-refractivity contribution is -0.117. The fourth-order valence-corrected chi connectivity index (χ4v) is 3.57. The van der Waals surface area contributed by atoms with Gasteiger partial charge in [0.05, 0.1) is 11.3 Å². The Hall–Kier alpha value is -2.65. The number of nitrogens with one attached hydrogen (secondary N) is 1. The highest BCUT2D eigenvalue weighted by molar-refractivity contribution is 7.90. The topological polar surface area (TPSA) is 108 Å². The van der Waals surface area contributed by atoms with E-state index in [2.05, 4.69) is 9.71 Å². The molecule has 2 aliphatic rings. The molecule has 1 aromatic carbocycles. The summed E-state index contributed by atoms with van der Waals surface area (Å²) in [5.41, 5.74) is 1.42. The van der Waals surface area contributed by atoms with Crippen LogP contribution >= 0.6 is 0 Å². The van der Waals surface area contributed by atoms with Gasteiger partial charge in [-0.3, -0.25) is 4.79 Å². The summed E-state index contributed by atoms with van der Waals surface area (Å²) >= 11 is 0. The Morgan fingerprint density at radius 2 is 2.22 bits per heavy atom. The molecule has 0 spiro atoms. The molecule has 0 saturated carbocycles. The number of hydrogen-bond acceptors (Lipinski definition) is 6. The maximum Gasteiger partial charge on any atom is 0.256 e. The van der Waals surface area contributed by atoms with E-state index in [9.17, 15) is 18.3 Å². The van der Waals surface area contributed by atoms with E-state index in [1.807, 2.05) is 25.1 Å². The molecule has 9 heteroatoms. The van der Waals surface area contributed by atoms with Crippen LogP contribution in [0, 0.1) is 6.92 Å². The molecule has 1 amide bonds. The third-order valence-electron chi connectivity index (χ3n) is 4.02. The van der Waals surface area contributed by atoms with Crippen molar-refractivity contribution in [2.45, 2.75) is 13.0 Å². The number of sulfonamides is 1. The summed E-state index contributed by atoms with van der Waals surface area (Å²) in [5, 5.41) is 12.6. The van der Waals surface area contributed by atoms with E-state index in [1.165, 1.54) is 12.2 Å². The summed E-state index contributed by atoms with van der Waals surface area (Å²) in [6, 6.07) is 7.47. The number of amidine groups is 1. The molecule has 0 saturated heterocycles. The van der Waals surface area contributed by atoms with Crippen molar-refractivity contribution < 1.29 is 23.1 Å². The van der Waals surface area contributed by atoms with Crippen LogP contribution in [0.2, 0.25) is 0 Å². The van der Waals surface area contributed by atoms with Gasteiger partial charge < -0.3 is 20.1 Å². The van der Waals surface area contributed by atoms with E-state index in [-0.39, 0.29) is 31.4 Å². The predicted octanol–water partition coefficient (Wildman–Crippen LogP) is 0.349. The number of rotatable bonds is 6. The summed E-state index contributed by atoms with van der Waals surface area (Å²) in [6.45, 7) is 2.28. The molecule has 1 aromatic rings. The number of aryl methyl sites for hydroxylation is 1. The molecule has 0 aliphatic carbocycles. The van der Waals surface area contributed by atoms with Crippen molar-refractivity contribution in [3.05, 3.63) is 53.8 Å². The number of aliphatic hydroxyl groups is 1. The van der Waals surface area contributed by atoms with Crippen molar-refractivity contribution in [2.75, 3.05) is 25.4 Å². The summed E-state index contributed by atoms with van der Waals surface area (Å²) in [4.78, 5) is 13.9. The van der Waals surface area contributed by atoms with Crippen LogP contribution in [-0.4, -0.2) is 61.7 Å². The number of ether oxygens (including phenoxy) is 1. The zero-order valence-electron chi connectivity index (χ0n) is 14.8. The van der Waals surface area contributed by atoms with E-state index in [0.29, 0.717) is 17.2 Å². The SMILES string of the molecule is Cc1cccc(OCC(O)CNC(=O)C2=CN3CCS(=O)(=O)N=C3C=C2)c1. The van der Waals surface area contributed by atoms with Crippen molar-refractivity contribution in [2.24, 2.45) is 4.40 Å². The quantitative estimate of drug-likeness (QED) is 0.724. The second-order valence-corrected chi connectivity index (χ2v) is 8.09. The van der Waals surface area contributed by atoms with Crippen LogP contribution in [0.1, 0.15) is 5.56 Å². The molecule has 1 atom stereocenters. The molecular formula is C18H21N3O5S. The van der Waals surface area contributed by atoms with Gasteiger partial charge >= 0.3 is 0 Å². The first-order valence-corrected chi connectivity index (χ1v) is 10.1. The van der Waals surface area contributed by atoms with Gasteiger partial charge in [-0.05, 0) is 36.8 Å². The van der Waals surface area contributed by atoms with E-state index in [1.54, 1.807) is 17.2 Å². The number of carbonyl (C=O) groups is 1. The molecule has 2 N–H and O–H groups in total. The average Bonchev–Trinajstić information content (AvgIpc) is 2.63. The lowest BCUT2D eigenvalue weighted by Gasteiger charge is -2.27. The second-order valence-electron chi connectivity index (χ2n) is 6.34. The largest absolute Gasteiger partial charge is 0.491 e. The molecule has 0 aromatic heterocycles. The Morgan fingerprint density at radius 3 is 3.00 bits per heavy atom. The molecule has 1 unspecified atom stereocenters. The minimum atomic E-state index is -3.43. The number of benzene rings is 1. The highest BCUT2D eigenvalue weighted by atomic mass is 32.2. The number of nitrogens with zero attached hydrogens (tertiary/aromatic N) is 2. The van der Waals surface area contributed by atoms with Crippen LogP contribution < -0.4 is 10.1 Å². The van der Waals surface area contributed by atoms with Gasteiger partial charge in [0.15, 0.2) is 0 Å². The average molecular weight is 391 g/mol. The van der Waals surface area contributed by atoms with Gasteiger partial charge in [-0.2, -0.15) is 0 Å². The fraction of sp³-hybridized carbons (Fsp3) is 0.333. The Bertz CT molecular complexity index is 921. The third kappa shape index (κ3) is 5.18. The maximum atomic E-state index is 12.3. The molecule has 3 rings (SSSR count). The van der Waals surface area contributed by atoms with Crippen LogP contribution in [0.25, 0.3) is 0 Å². The summed E-state index contributed by atoms with van der Waals surface area (Å²) < 4.78 is 32.2. The smallest absolute Gasteiger partial charge is 0.256 e. The van der Waals surface area contributed by atoms with Crippen molar-refractivity contribution in [3.63, 3.8) is 0 Å². The molecular weight excluding hydrogens is 370 g/mol.